The number of hydrogen-bond acceptors (Lipinski definition) is 9. The topological polar surface area (TPSA) is 170 Å². The minimum Gasteiger partial charge on any atom is -0.473 e. The largest absolute Gasteiger partial charge is 0.473 e. The number of nitrogens with zero attached hydrogens (tertiary/aromatic N) is 2. The molecule has 2 N–H and O–H groups in total. The van der Waals surface area contributed by atoms with Crippen molar-refractivity contribution in [3.05, 3.63) is 52.3 Å². The number of pyridine rings is 1. The van der Waals surface area contributed by atoms with Crippen LogP contribution in [0.1, 0.15) is 96.3 Å². The molecule has 13 nitrogen and oxygen atoms in total. The van der Waals surface area contributed by atoms with Crippen LogP contribution in [-0.4, -0.2) is 77.2 Å². The number of hydrogen-bond donors (Lipinski definition) is 2. The third-order valence-corrected chi connectivity index (χ3v) is 16.4. The molecule has 0 radical (unpaired) electrons. The molecule has 6 fully saturated rings. The number of ether oxygens (including phenoxy) is 2. The number of rotatable bonds is 7. The van der Waals surface area contributed by atoms with Crippen LogP contribution in [0.2, 0.25) is 5.02 Å². The van der Waals surface area contributed by atoms with Gasteiger partial charge in [-0.2, -0.15) is 0 Å². The van der Waals surface area contributed by atoms with Crippen LogP contribution in [0.25, 0.3) is 10.8 Å². The highest BCUT2D eigenvalue weighted by molar-refractivity contribution is 7.91. The Morgan fingerprint density at radius 1 is 0.897 bits per heavy atom. The molecular formula is C43H53ClN4O9S. The van der Waals surface area contributed by atoms with Gasteiger partial charge in [0, 0.05) is 35.4 Å². The predicted octanol–water partition coefficient (Wildman–Crippen LogP) is 5.01. The second kappa shape index (κ2) is 15.3. The average Bonchev–Trinajstić information content (AvgIpc) is 4.13. The summed E-state index contributed by atoms with van der Waals surface area (Å²) in [7, 11) is -3.91. The predicted molar refractivity (Wildman–Crippen MR) is 215 cm³/mol. The highest BCUT2D eigenvalue weighted by atomic mass is 35.5. The number of nitrogens with one attached hydrogen (secondary N) is 2. The van der Waals surface area contributed by atoms with Crippen molar-refractivity contribution in [2.24, 2.45) is 35.5 Å². The van der Waals surface area contributed by atoms with Gasteiger partial charge in [0.05, 0.1) is 24.1 Å². The molecule has 2 aliphatic heterocycles. The fourth-order valence-electron chi connectivity index (χ4n) is 10.7. The van der Waals surface area contributed by atoms with Crippen molar-refractivity contribution in [3.8, 4) is 5.88 Å². The molecule has 7 aliphatic rings. The lowest BCUT2D eigenvalue weighted by molar-refractivity contribution is -0.156. The number of esters is 1. The number of sulfonamides is 1. The molecule has 5 saturated carbocycles. The van der Waals surface area contributed by atoms with E-state index >= 15 is 0 Å². The molecule has 1 saturated heterocycles. The Morgan fingerprint density at radius 2 is 1.66 bits per heavy atom. The summed E-state index contributed by atoms with van der Waals surface area (Å²) in [5, 5.41) is 3.81. The normalized spacial score (nSPS) is 34.1. The van der Waals surface area contributed by atoms with Gasteiger partial charge in [0.25, 0.3) is 11.5 Å². The van der Waals surface area contributed by atoms with E-state index in [4.69, 9.17) is 21.1 Å². The third-order valence-electron chi connectivity index (χ3n) is 14.4. The number of carbonyl (C=O) groups is 4. The number of halogens is 1. The fourth-order valence-corrected chi connectivity index (χ4v) is 12.2. The van der Waals surface area contributed by atoms with E-state index in [-0.39, 0.29) is 61.2 Å². The Kier molecular flexibility index (Phi) is 10.4. The average molecular weight is 837 g/mol. The zero-order valence-electron chi connectivity index (χ0n) is 32.7. The van der Waals surface area contributed by atoms with E-state index in [1.807, 2.05) is 0 Å². The maximum atomic E-state index is 15.0. The Labute approximate surface area is 343 Å². The number of amides is 3. The third kappa shape index (κ3) is 7.68. The molecule has 9 atom stereocenters. The molecule has 2 bridgehead atoms. The lowest BCUT2D eigenvalue weighted by atomic mass is 9.86. The number of aromatic nitrogens is 1. The standard InChI is InChI=1S/C43H53ClN4O9S/c1-2-29-22-43(29,42(53)46-58(54,55)32-11-12-32)45-39(50)35-20-31-23-48(35)41(52)34(24-6-3-4-7-24)21-38(49)57-36-9-5-8-26(36)17-27-16-25(27)14-15-47-37(56-31)19-28-18-30(44)10-13-33(28)40(47)51/h2,10,13,18-19,24-27,29,31-32,34-36H,1,3-9,11-12,14-17,20-23H2,(H,45,50)(H,46,53)/t25?,26-,27?,29-,31+,34-,35-,36+,43+/m0/s1. The quantitative estimate of drug-likeness (QED) is 0.288. The van der Waals surface area contributed by atoms with Gasteiger partial charge in [0.15, 0.2) is 5.88 Å². The molecule has 2 aromatic rings. The molecule has 1 aromatic carbocycles. The van der Waals surface area contributed by atoms with Gasteiger partial charge >= 0.3 is 5.97 Å². The second-order valence-corrected chi connectivity index (χ2v) is 20.6. The summed E-state index contributed by atoms with van der Waals surface area (Å²) in [4.78, 5) is 72.6. The van der Waals surface area contributed by atoms with Crippen molar-refractivity contribution >= 4 is 56.1 Å². The van der Waals surface area contributed by atoms with Gasteiger partial charge in [-0.15, -0.1) is 6.58 Å². The summed E-state index contributed by atoms with van der Waals surface area (Å²) in [5.41, 5.74) is -1.76. The van der Waals surface area contributed by atoms with Crippen molar-refractivity contribution in [1.82, 2.24) is 19.5 Å². The molecule has 15 heteroatoms. The van der Waals surface area contributed by atoms with Crippen LogP contribution in [0, 0.1) is 35.5 Å². The van der Waals surface area contributed by atoms with Crippen molar-refractivity contribution < 1.29 is 37.1 Å². The van der Waals surface area contributed by atoms with Crippen molar-refractivity contribution in [2.45, 2.75) is 132 Å². The second-order valence-electron chi connectivity index (χ2n) is 18.2. The minimum absolute atomic E-state index is 0.00744. The van der Waals surface area contributed by atoms with Crippen LogP contribution in [0.4, 0.5) is 0 Å². The number of carbonyl (C=O) groups excluding carboxylic acids is 4. The summed E-state index contributed by atoms with van der Waals surface area (Å²) in [5.74, 6) is -2.02. The lowest BCUT2D eigenvalue weighted by Gasteiger charge is -2.32. The summed E-state index contributed by atoms with van der Waals surface area (Å²) < 4.78 is 42.4. The highest BCUT2D eigenvalue weighted by Gasteiger charge is 2.62. The SMILES string of the molecule is C=C[C@H]1C[C@]1(NC(=O)[C@@H]1C[C@@H]2CN1C(=O)[C@H](C1CCCC1)CC(=O)O[C@@H]1CCC[C@H]1CC1CC1CCn1c(cc3cc(Cl)ccc3c1=O)O2)C(=O)NS(=O)(=O)C1CC1. The first kappa shape index (κ1) is 39.5. The molecule has 9 rings (SSSR count). The first-order chi connectivity index (χ1) is 27.8. The first-order valence-corrected chi connectivity index (χ1v) is 23.3. The van der Waals surface area contributed by atoms with E-state index < -0.39 is 56.6 Å². The van der Waals surface area contributed by atoms with E-state index in [9.17, 15) is 32.4 Å². The van der Waals surface area contributed by atoms with Crippen LogP contribution >= 0.6 is 11.6 Å². The first-order valence-electron chi connectivity index (χ1n) is 21.3. The summed E-state index contributed by atoms with van der Waals surface area (Å²) in [6.45, 7) is 4.23. The van der Waals surface area contributed by atoms with Crippen LogP contribution in [0.5, 0.6) is 5.88 Å². The molecule has 58 heavy (non-hydrogen) atoms. The molecule has 3 heterocycles. The molecule has 5 aliphatic carbocycles. The maximum absolute atomic E-state index is 15.0. The zero-order valence-corrected chi connectivity index (χ0v) is 34.3. The summed E-state index contributed by atoms with van der Waals surface area (Å²) >= 11 is 6.38. The van der Waals surface area contributed by atoms with Gasteiger partial charge in [-0.1, -0.05) is 30.5 Å². The Bertz CT molecular complexity index is 2200. The van der Waals surface area contributed by atoms with E-state index in [2.05, 4.69) is 16.6 Å². The van der Waals surface area contributed by atoms with E-state index in [1.165, 1.54) is 11.0 Å². The smallest absolute Gasteiger partial charge is 0.306 e. The van der Waals surface area contributed by atoms with Crippen LogP contribution < -0.4 is 20.3 Å². The van der Waals surface area contributed by atoms with Crippen LogP contribution in [0.15, 0.2) is 41.7 Å². The maximum Gasteiger partial charge on any atom is 0.306 e. The summed E-state index contributed by atoms with van der Waals surface area (Å²) in [6, 6.07) is 5.81. The molecular weight excluding hydrogens is 784 g/mol. The van der Waals surface area contributed by atoms with Gasteiger partial charge in [-0.25, -0.2) is 8.42 Å². The molecule has 1 aromatic heterocycles. The number of benzene rings is 1. The summed E-state index contributed by atoms with van der Waals surface area (Å²) in [6.07, 6.45) is 10.6. The molecule has 312 valence electrons. The monoisotopic (exact) mass is 836 g/mol. The van der Waals surface area contributed by atoms with Crippen molar-refractivity contribution in [3.63, 3.8) is 0 Å². The van der Waals surface area contributed by atoms with E-state index in [1.54, 1.807) is 28.8 Å². The van der Waals surface area contributed by atoms with Gasteiger partial charge in [-0.3, -0.25) is 33.3 Å². The van der Waals surface area contributed by atoms with Gasteiger partial charge in [-0.05, 0) is 118 Å². The Morgan fingerprint density at radius 3 is 2.40 bits per heavy atom. The van der Waals surface area contributed by atoms with Gasteiger partial charge < -0.3 is 19.7 Å². The highest BCUT2D eigenvalue weighted by Crippen LogP contribution is 2.49. The van der Waals surface area contributed by atoms with Crippen molar-refractivity contribution in [2.75, 3.05) is 6.54 Å². The molecule has 2 unspecified atom stereocenters. The van der Waals surface area contributed by atoms with Gasteiger partial charge in [0.1, 0.15) is 23.8 Å². The minimum atomic E-state index is -3.91. The van der Waals surface area contributed by atoms with Gasteiger partial charge in [0.2, 0.25) is 21.8 Å². The fraction of sp³-hybridized carbons (Fsp3) is 0.651. The number of fused-ring (bicyclic) bond motifs is 6. The van der Waals surface area contributed by atoms with Crippen molar-refractivity contribution in [1.29, 1.82) is 0 Å². The lowest BCUT2D eigenvalue weighted by Crippen LogP contribution is -2.57. The Balaban J connectivity index is 1.07. The molecule has 3 amide bonds. The van der Waals surface area contributed by atoms with E-state index in [0.717, 1.165) is 64.2 Å². The van der Waals surface area contributed by atoms with Crippen LogP contribution in [0.3, 0.4) is 0 Å². The van der Waals surface area contributed by atoms with Crippen LogP contribution in [-0.2, 0) is 40.5 Å². The Hall–Kier alpha value is -3.91. The zero-order chi connectivity index (χ0) is 40.5. The molecule has 0 spiro atoms. The van der Waals surface area contributed by atoms with E-state index in [0.29, 0.717) is 52.9 Å².